The SMILES string of the molecule is CC(C)(C)OC(=O)N1CCC2(CC1)CC(=O)OC2CNC(=O)OCC1c2ccccc2-c2ccccc21. The largest absolute Gasteiger partial charge is 0.460 e. The first kappa shape index (κ1) is 25.1. The second-order valence-corrected chi connectivity index (χ2v) is 11.2. The maximum absolute atomic E-state index is 12.7. The molecule has 0 aromatic heterocycles. The summed E-state index contributed by atoms with van der Waals surface area (Å²) in [6.07, 6.45) is 0.157. The lowest BCUT2D eigenvalue weighted by atomic mass is 9.73. The van der Waals surface area contributed by atoms with E-state index in [1.807, 2.05) is 45.0 Å². The monoisotopic (exact) mass is 506 g/mol. The first-order chi connectivity index (χ1) is 17.7. The molecule has 2 aromatic rings. The van der Waals surface area contributed by atoms with Gasteiger partial charge in [0.25, 0.3) is 0 Å². The number of benzene rings is 2. The van der Waals surface area contributed by atoms with Crippen molar-refractivity contribution in [1.29, 1.82) is 0 Å². The minimum Gasteiger partial charge on any atom is -0.460 e. The van der Waals surface area contributed by atoms with Crippen molar-refractivity contribution in [3.05, 3.63) is 59.7 Å². The van der Waals surface area contributed by atoms with E-state index in [4.69, 9.17) is 14.2 Å². The van der Waals surface area contributed by atoms with E-state index in [0.717, 1.165) is 11.1 Å². The van der Waals surface area contributed by atoms with Crippen molar-refractivity contribution in [1.82, 2.24) is 10.2 Å². The van der Waals surface area contributed by atoms with Crippen molar-refractivity contribution in [2.45, 2.75) is 57.7 Å². The fourth-order valence-corrected chi connectivity index (χ4v) is 5.77. The van der Waals surface area contributed by atoms with E-state index in [1.165, 1.54) is 11.1 Å². The molecule has 1 N–H and O–H groups in total. The topological polar surface area (TPSA) is 94.2 Å². The summed E-state index contributed by atoms with van der Waals surface area (Å²) in [4.78, 5) is 39.0. The zero-order valence-electron chi connectivity index (χ0n) is 21.6. The molecule has 2 amide bonds. The van der Waals surface area contributed by atoms with Crippen LogP contribution in [0.3, 0.4) is 0 Å². The Bertz CT molecular complexity index is 1150. The Kier molecular flexibility index (Phi) is 6.60. The number of carbonyl (C=O) groups is 3. The number of fused-ring (bicyclic) bond motifs is 3. The molecule has 1 spiro atoms. The summed E-state index contributed by atoms with van der Waals surface area (Å²) < 4.78 is 16.7. The molecule has 8 heteroatoms. The molecular weight excluding hydrogens is 472 g/mol. The highest BCUT2D eigenvalue weighted by Crippen LogP contribution is 2.46. The fourth-order valence-electron chi connectivity index (χ4n) is 5.77. The average molecular weight is 507 g/mol. The van der Waals surface area contributed by atoms with Crippen molar-refractivity contribution in [3.63, 3.8) is 0 Å². The van der Waals surface area contributed by atoms with Crippen molar-refractivity contribution in [3.8, 4) is 11.1 Å². The van der Waals surface area contributed by atoms with E-state index in [-0.39, 0.29) is 37.6 Å². The Hall–Kier alpha value is -3.55. The van der Waals surface area contributed by atoms with Gasteiger partial charge in [0, 0.05) is 24.4 Å². The van der Waals surface area contributed by atoms with Crippen LogP contribution in [0.2, 0.25) is 0 Å². The number of alkyl carbamates (subject to hydrolysis) is 1. The molecule has 196 valence electrons. The Labute approximate surface area is 217 Å². The molecule has 2 saturated heterocycles. The summed E-state index contributed by atoms with van der Waals surface area (Å²) in [5.41, 5.74) is 3.67. The predicted molar refractivity (Wildman–Crippen MR) is 137 cm³/mol. The Morgan fingerprint density at radius 1 is 1.03 bits per heavy atom. The number of esters is 1. The van der Waals surface area contributed by atoms with E-state index in [2.05, 4.69) is 29.6 Å². The summed E-state index contributed by atoms with van der Waals surface area (Å²) in [5, 5.41) is 2.81. The molecule has 0 saturated carbocycles. The normalized spacial score (nSPS) is 20.2. The maximum Gasteiger partial charge on any atom is 0.410 e. The first-order valence-electron chi connectivity index (χ1n) is 12.9. The lowest BCUT2D eigenvalue weighted by Crippen LogP contribution is -2.50. The van der Waals surface area contributed by atoms with Gasteiger partial charge in [-0.2, -0.15) is 0 Å². The van der Waals surface area contributed by atoms with Gasteiger partial charge < -0.3 is 24.4 Å². The number of hydrogen-bond acceptors (Lipinski definition) is 6. The van der Waals surface area contributed by atoms with Gasteiger partial charge in [-0.05, 0) is 55.9 Å². The molecule has 8 nitrogen and oxygen atoms in total. The second kappa shape index (κ2) is 9.72. The summed E-state index contributed by atoms with van der Waals surface area (Å²) >= 11 is 0. The Morgan fingerprint density at radius 2 is 1.62 bits per heavy atom. The van der Waals surface area contributed by atoms with Crippen LogP contribution < -0.4 is 5.32 Å². The minimum atomic E-state index is -0.561. The Morgan fingerprint density at radius 3 is 2.22 bits per heavy atom. The second-order valence-electron chi connectivity index (χ2n) is 11.2. The quantitative estimate of drug-likeness (QED) is 0.470. The lowest BCUT2D eigenvalue weighted by Gasteiger charge is -2.41. The molecule has 0 bridgehead atoms. The highest BCUT2D eigenvalue weighted by molar-refractivity contribution is 5.79. The average Bonchev–Trinajstić information content (AvgIpc) is 3.34. The van der Waals surface area contributed by atoms with Gasteiger partial charge in [0.1, 0.15) is 18.3 Å². The summed E-state index contributed by atoms with van der Waals surface area (Å²) in [7, 11) is 0. The summed E-state index contributed by atoms with van der Waals surface area (Å²) in [5.74, 6) is -0.295. The van der Waals surface area contributed by atoms with E-state index in [0.29, 0.717) is 25.9 Å². The van der Waals surface area contributed by atoms with Crippen molar-refractivity contribution in [2.24, 2.45) is 5.41 Å². The van der Waals surface area contributed by atoms with E-state index in [1.54, 1.807) is 4.90 Å². The van der Waals surface area contributed by atoms with Crippen LogP contribution in [0.5, 0.6) is 0 Å². The molecule has 2 heterocycles. The molecule has 37 heavy (non-hydrogen) atoms. The molecule has 1 atom stereocenters. The number of carbonyl (C=O) groups excluding carboxylic acids is 3. The zero-order valence-corrected chi connectivity index (χ0v) is 21.6. The van der Waals surface area contributed by atoms with Gasteiger partial charge in [0.2, 0.25) is 0 Å². The van der Waals surface area contributed by atoms with E-state index in [9.17, 15) is 14.4 Å². The van der Waals surface area contributed by atoms with Crippen LogP contribution in [-0.4, -0.2) is 61.0 Å². The molecule has 3 aliphatic rings. The molecule has 2 fully saturated rings. The van der Waals surface area contributed by atoms with Crippen LogP contribution in [0.15, 0.2) is 48.5 Å². The molecule has 2 aromatic carbocycles. The first-order valence-corrected chi connectivity index (χ1v) is 12.9. The summed E-state index contributed by atoms with van der Waals surface area (Å²) in [6, 6.07) is 16.4. The zero-order chi connectivity index (χ0) is 26.2. The highest BCUT2D eigenvalue weighted by atomic mass is 16.6. The number of piperidine rings is 1. The predicted octanol–water partition coefficient (Wildman–Crippen LogP) is 4.86. The number of ether oxygens (including phenoxy) is 3. The molecular formula is C29H34N2O6. The molecule has 2 aliphatic heterocycles. The number of amides is 2. The van der Waals surface area contributed by atoms with E-state index >= 15 is 0 Å². The lowest BCUT2D eigenvalue weighted by molar-refractivity contribution is -0.141. The Balaban J connectivity index is 1.16. The van der Waals surface area contributed by atoms with Crippen LogP contribution in [0.1, 0.15) is 57.1 Å². The van der Waals surface area contributed by atoms with Gasteiger partial charge in [0.05, 0.1) is 13.0 Å². The van der Waals surface area contributed by atoms with Gasteiger partial charge >= 0.3 is 18.2 Å². The van der Waals surface area contributed by atoms with Gasteiger partial charge in [-0.3, -0.25) is 4.79 Å². The smallest absolute Gasteiger partial charge is 0.410 e. The van der Waals surface area contributed by atoms with Gasteiger partial charge in [-0.15, -0.1) is 0 Å². The van der Waals surface area contributed by atoms with Crippen LogP contribution in [0.25, 0.3) is 11.1 Å². The van der Waals surface area contributed by atoms with Gasteiger partial charge in [-0.1, -0.05) is 48.5 Å². The van der Waals surface area contributed by atoms with Crippen LogP contribution in [0.4, 0.5) is 9.59 Å². The molecule has 1 aliphatic carbocycles. The maximum atomic E-state index is 12.7. The number of cyclic esters (lactones) is 1. The van der Waals surface area contributed by atoms with Crippen molar-refractivity contribution >= 4 is 18.2 Å². The van der Waals surface area contributed by atoms with Crippen LogP contribution in [-0.2, 0) is 19.0 Å². The van der Waals surface area contributed by atoms with Crippen molar-refractivity contribution in [2.75, 3.05) is 26.2 Å². The van der Waals surface area contributed by atoms with Crippen LogP contribution >= 0.6 is 0 Å². The summed E-state index contributed by atoms with van der Waals surface area (Å²) in [6.45, 7) is 6.87. The standard InChI is InChI=1S/C29H34N2O6/c1-28(2,3)37-27(34)31-14-12-29(13-15-31)16-25(32)36-24(29)17-30-26(33)35-18-23-21-10-6-4-8-19(21)20-9-5-7-11-22(20)23/h4-11,23-24H,12-18H2,1-3H3,(H,30,33). The third-order valence-electron chi connectivity index (χ3n) is 7.64. The fraction of sp³-hybridized carbons (Fsp3) is 0.483. The number of rotatable bonds is 4. The highest BCUT2D eigenvalue weighted by Gasteiger charge is 2.51. The van der Waals surface area contributed by atoms with Gasteiger partial charge in [-0.25, -0.2) is 9.59 Å². The number of likely N-dealkylation sites (tertiary alicyclic amines) is 1. The number of nitrogens with one attached hydrogen (secondary N) is 1. The minimum absolute atomic E-state index is 0.0222. The molecule has 0 radical (unpaired) electrons. The van der Waals surface area contributed by atoms with Crippen molar-refractivity contribution < 1.29 is 28.6 Å². The number of hydrogen-bond donors (Lipinski definition) is 1. The van der Waals surface area contributed by atoms with E-state index < -0.39 is 23.2 Å². The third kappa shape index (κ3) is 5.15. The van der Waals surface area contributed by atoms with Crippen LogP contribution in [0, 0.1) is 5.41 Å². The van der Waals surface area contributed by atoms with Gasteiger partial charge in [0.15, 0.2) is 0 Å². The number of nitrogens with zero attached hydrogens (tertiary/aromatic N) is 1. The molecule has 1 unspecified atom stereocenters. The third-order valence-corrected chi connectivity index (χ3v) is 7.64. The molecule has 5 rings (SSSR count).